The molecule has 0 amide bonds. The van der Waals surface area contributed by atoms with E-state index < -0.39 is 0 Å². The lowest BCUT2D eigenvalue weighted by atomic mass is 9.97. The van der Waals surface area contributed by atoms with Crippen LogP contribution in [0.2, 0.25) is 0 Å². The second kappa shape index (κ2) is 6.91. The molecular formula is C18H26N2S. The van der Waals surface area contributed by atoms with Crippen LogP contribution in [0, 0.1) is 0 Å². The van der Waals surface area contributed by atoms with Gasteiger partial charge in [-0.15, -0.1) is 11.3 Å². The summed E-state index contributed by atoms with van der Waals surface area (Å²) in [5.74, 6) is 0. The molecule has 0 spiro atoms. The van der Waals surface area contributed by atoms with E-state index in [4.69, 9.17) is 0 Å². The molecule has 21 heavy (non-hydrogen) atoms. The average Bonchev–Trinajstić information content (AvgIpc) is 2.96. The van der Waals surface area contributed by atoms with Crippen LogP contribution in [0.4, 0.5) is 0 Å². The number of nitrogens with one attached hydrogen (secondary N) is 1. The fourth-order valence-corrected chi connectivity index (χ4v) is 4.66. The van der Waals surface area contributed by atoms with E-state index >= 15 is 0 Å². The van der Waals surface area contributed by atoms with Crippen molar-refractivity contribution in [3.05, 3.63) is 35.2 Å². The van der Waals surface area contributed by atoms with Gasteiger partial charge in [-0.1, -0.05) is 24.6 Å². The minimum absolute atomic E-state index is 0.546. The van der Waals surface area contributed by atoms with E-state index in [1.165, 1.54) is 47.2 Å². The zero-order valence-electron chi connectivity index (χ0n) is 13.1. The third-order valence-corrected chi connectivity index (χ3v) is 6.04. The number of nitrogens with zero attached hydrogens (tertiary/aromatic N) is 1. The summed E-state index contributed by atoms with van der Waals surface area (Å²) >= 11 is 1.97. The first-order valence-corrected chi connectivity index (χ1v) is 9.00. The lowest BCUT2D eigenvalue weighted by Crippen LogP contribution is -2.42. The highest BCUT2D eigenvalue weighted by molar-refractivity contribution is 7.19. The Morgan fingerprint density at radius 3 is 3.00 bits per heavy atom. The van der Waals surface area contributed by atoms with Crippen LogP contribution in [0.15, 0.2) is 30.3 Å². The molecule has 1 aromatic carbocycles. The van der Waals surface area contributed by atoms with Crippen molar-refractivity contribution in [2.45, 2.75) is 44.7 Å². The van der Waals surface area contributed by atoms with Crippen molar-refractivity contribution in [3.8, 4) is 0 Å². The minimum atomic E-state index is 0.546. The molecule has 2 heterocycles. The molecule has 2 nitrogen and oxygen atoms in total. The highest BCUT2D eigenvalue weighted by Gasteiger charge is 2.27. The number of fused-ring (bicyclic) bond motifs is 1. The molecule has 0 bridgehead atoms. The number of piperidine rings is 1. The third kappa shape index (κ3) is 3.31. The number of hydrogen-bond donors (Lipinski definition) is 1. The Kier molecular flexibility index (Phi) is 4.94. The van der Waals surface area contributed by atoms with Crippen molar-refractivity contribution < 1.29 is 0 Å². The fraction of sp³-hybridized carbons (Fsp3) is 0.556. The monoisotopic (exact) mass is 302 g/mol. The summed E-state index contributed by atoms with van der Waals surface area (Å²) in [4.78, 5) is 4.26. The molecule has 1 saturated heterocycles. The van der Waals surface area contributed by atoms with Crippen molar-refractivity contribution in [3.63, 3.8) is 0 Å². The van der Waals surface area contributed by atoms with Gasteiger partial charge in [0.2, 0.25) is 0 Å². The molecule has 1 N–H and O–H groups in total. The molecule has 114 valence electrons. The third-order valence-electron chi connectivity index (χ3n) is 4.75. The van der Waals surface area contributed by atoms with Crippen molar-refractivity contribution in [2.75, 3.05) is 20.1 Å². The van der Waals surface area contributed by atoms with Crippen molar-refractivity contribution in [2.24, 2.45) is 0 Å². The summed E-state index contributed by atoms with van der Waals surface area (Å²) in [7, 11) is 2.06. The van der Waals surface area contributed by atoms with Gasteiger partial charge in [-0.2, -0.15) is 0 Å². The maximum Gasteiger partial charge on any atom is 0.0416 e. The maximum atomic E-state index is 3.31. The second-order valence-electron chi connectivity index (χ2n) is 6.14. The summed E-state index contributed by atoms with van der Waals surface area (Å²) in [5.41, 5.74) is 0. The van der Waals surface area contributed by atoms with Crippen LogP contribution in [-0.4, -0.2) is 31.1 Å². The van der Waals surface area contributed by atoms with Gasteiger partial charge >= 0.3 is 0 Å². The normalized spacial score (nSPS) is 21.7. The van der Waals surface area contributed by atoms with Crippen LogP contribution in [0.5, 0.6) is 0 Å². The van der Waals surface area contributed by atoms with Gasteiger partial charge in [0.1, 0.15) is 0 Å². The first kappa shape index (κ1) is 15.0. The second-order valence-corrected chi connectivity index (χ2v) is 7.26. The zero-order chi connectivity index (χ0) is 14.7. The molecule has 2 aromatic rings. The van der Waals surface area contributed by atoms with Crippen LogP contribution in [0.1, 0.15) is 43.5 Å². The van der Waals surface area contributed by atoms with E-state index in [0.717, 1.165) is 12.6 Å². The van der Waals surface area contributed by atoms with Crippen LogP contribution in [0.25, 0.3) is 10.1 Å². The first-order chi connectivity index (χ1) is 10.3. The Bertz CT molecular complexity index is 544. The lowest BCUT2D eigenvalue weighted by molar-refractivity contribution is 0.0988. The molecule has 3 rings (SSSR count). The summed E-state index contributed by atoms with van der Waals surface area (Å²) in [6, 6.07) is 12.4. The Morgan fingerprint density at radius 1 is 1.33 bits per heavy atom. The molecule has 2 atom stereocenters. The van der Waals surface area contributed by atoms with Crippen molar-refractivity contribution >= 4 is 21.4 Å². The van der Waals surface area contributed by atoms with Crippen LogP contribution >= 0.6 is 11.3 Å². The summed E-state index contributed by atoms with van der Waals surface area (Å²) in [5, 5.41) is 4.71. The molecule has 0 saturated carbocycles. The maximum absolute atomic E-state index is 3.31. The number of hydrogen-bond acceptors (Lipinski definition) is 3. The van der Waals surface area contributed by atoms with Crippen LogP contribution in [0.3, 0.4) is 0 Å². The predicted molar refractivity (Wildman–Crippen MR) is 93.1 cm³/mol. The predicted octanol–water partition coefficient (Wildman–Crippen LogP) is 4.43. The van der Waals surface area contributed by atoms with Crippen molar-refractivity contribution in [1.29, 1.82) is 0 Å². The Hall–Kier alpha value is -0.900. The van der Waals surface area contributed by atoms with Crippen molar-refractivity contribution in [1.82, 2.24) is 10.2 Å². The van der Waals surface area contributed by atoms with Crippen LogP contribution in [-0.2, 0) is 0 Å². The molecule has 1 fully saturated rings. The fourth-order valence-electron chi connectivity index (χ4n) is 3.53. The largest absolute Gasteiger partial charge is 0.320 e. The zero-order valence-corrected chi connectivity index (χ0v) is 14.0. The number of thiophene rings is 1. The standard InChI is InChI=1S/C18H26N2S/c1-14(18-13-15-7-3-4-9-17(15)21-18)20-12-6-5-8-16(20)10-11-19-2/h3-4,7,9,13-14,16,19H,5-6,8,10-12H2,1-2H3. The summed E-state index contributed by atoms with van der Waals surface area (Å²) in [6.45, 7) is 4.77. The van der Waals surface area contributed by atoms with E-state index in [1.807, 2.05) is 11.3 Å². The van der Waals surface area contributed by atoms with Gasteiger partial charge < -0.3 is 5.32 Å². The smallest absolute Gasteiger partial charge is 0.0416 e. The van der Waals surface area contributed by atoms with Gasteiger partial charge in [0.25, 0.3) is 0 Å². The summed E-state index contributed by atoms with van der Waals surface area (Å²) in [6.07, 6.45) is 5.37. The molecule has 1 aromatic heterocycles. The quantitative estimate of drug-likeness (QED) is 0.879. The molecule has 1 aliphatic heterocycles. The van der Waals surface area contributed by atoms with Gasteiger partial charge in [-0.3, -0.25) is 4.90 Å². The highest BCUT2D eigenvalue weighted by Crippen LogP contribution is 2.35. The van der Waals surface area contributed by atoms with E-state index in [-0.39, 0.29) is 0 Å². The average molecular weight is 302 g/mol. The van der Waals surface area contributed by atoms with Gasteiger partial charge in [0.05, 0.1) is 0 Å². The number of benzene rings is 1. The van der Waals surface area contributed by atoms with Gasteiger partial charge in [-0.25, -0.2) is 0 Å². The SMILES string of the molecule is CNCCC1CCCCN1C(C)c1cc2ccccc2s1. The molecular weight excluding hydrogens is 276 g/mol. The van der Waals surface area contributed by atoms with Gasteiger partial charge in [0.15, 0.2) is 0 Å². The Labute approximate surface area is 132 Å². The van der Waals surface area contributed by atoms with E-state index in [9.17, 15) is 0 Å². The number of rotatable bonds is 5. The molecule has 0 radical (unpaired) electrons. The lowest BCUT2D eigenvalue weighted by Gasteiger charge is -2.39. The number of likely N-dealkylation sites (tertiary alicyclic amines) is 1. The van der Waals surface area contributed by atoms with Gasteiger partial charge in [-0.05, 0) is 63.8 Å². The van der Waals surface area contributed by atoms with E-state index in [1.54, 1.807) is 0 Å². The Morgan fingerprint density at radius 2 is 2.19 bits per heavy atom. The Balaban J connectivity index is 1.79. The topological polar surface area (TPSA) is 15.3 Å². The highest BCUT2D eigenvalue weighted by atomic mass is 32.1. The van der Waals surface area contributed by atoms with E-state index in [0.29, 0.717) is 6.04 Å². The van der Waals surface area contributed by atoms with Crippen LogP contribution < -0.4 is 5.32 Å². The molecule has 2 unspecified atom stereocenters. The molecule has 1 aliphatic rings. The minimum Gasteiger partial charge on any atom is -0.320 e. The summed E-state index contributed by atoms with van der Waals surface area (Å²) < 4.78 is 1.42. The van der Waals surface area contributed by atoms with E-state index in [2.05, 4.69) is 54.5 Å². The first-order valence-electron chi connectivity index (χ1n) is 8.18. The molecule has 0 aliphatic carbocycles. The van der Waals surface area contributed by atoms with Gasteiger partial charge in [0, 0.05) is 21.7 Å². The molecule has 3 heteroatoms.